The Morgan fingerprint density at radius 2 is 0.972 bits per heavy atom. The molecule has 12 rings (SSSR count). The molecule has 5 aliphatic carbocycles. The Morgan fingerprint density at radius 1 is 0.472 bits per heavy atom. The van der Waals surface area contributed by atoms with E-state index in [0.29, 0.717) is 0 Å². The molecule has 0 aromatic heterocycles. The minimum atomic E-state index is -0.136. The lowest BCUT2D eigenvalue weighted by atomic mass is 9.69. The van der Waals surface area contributed by atoms with E-state index in [1.807, 2.05) is 41.5 Å². The van der Waals surface area contributed by atoms with Crippen LogP contribution in [-0.2, 0) is 18.3 Å². The van der Waals surface area contributed by atoms with E-state index in [0.717, 1.165) is 12.8 Å². The van der Waals surface area contributed by atoms with E-state index in [4.69, 9.17) is 0 Å². The van der Waals surface area contributed by atoms with Crippen LogP contribution in [0, 0.1) is 27.7 Å². The van der Waals surface area contributed by atoms with Crippen LogP contribution < -0.4 is 0 Å². The van der Waals surface area contributed by atoms with Crippen LogP contribution in [-0.4, -0.2) is 0 Å². The zero-order chi connectivity index (χ0) is 51.8. The molecule has 7 aromatic rings. The average molecular weight is 949 g/mol. The summed E-state index contributed by atoms with van der Waals surface area (Å²) in [6.45, 7) is 27.2. The van der Waals surface area contributed by atoms with Crippen molar-refractivity contribution < 1.29 is 0 Å². The van der Waals surface area contributed by atoms with Gasteiger partial charge in [-0.15, -0.1) is 0 Å². The molecule has 0 heterocycles. The highest BCUT2D eigenvalue weighted by atomic mass is 14.5. The smallest absolute Gasteiger partial charge is 0.0722 e. The van der Waals surface area contributed by atoms with Crippen LogP contribution in [0.4, 0.5) is 0 Å². The van der Waals surface area contributed by atoms with Crippen molar-refractivity contribution in [1.29, 1.82) is 0 Å². The Bertz CT molecular complexity index is 3080. The number of rotatable bonds is 3. The molecule has 372 valence electrons. The summed E-state index contributed by atoms with van der Waals surface area (Å²) in [6, 6.07) is 49.2. The minimum Gasteiger partial charge on any atom is -0.0839 e. The van der Waals surface area contributed by atoms with E-state index < -0.39 is 0 Å². The van der Waals surface area contributed by atoms with Crippen molar-refractivity contribution in [1.82, 2.24) is 0 Å². The molecule has 0 bridgehead atoms. The van der Waals surface area contributed by atoms with Crippen molar-refractivity contribution in [2.75, 3.05) is 0 Å². The first-order valence-electron chi connectivity index (χ1n) is 27.7. The lowest BCUT2D eigenvalue weighted by Crippen LogP contribution is -2.27. The largest absolute Gasteiger partial charge is 0.0839 e. The second-order valence-electron chi connectivity index (χ2n) is 19.0. The predicted octanol–water partition coefficient (Wildman–Crippen LogP) is 21.2. The van der Waals surface area contributed by atoms with Gasteiger partial charge < -0.3 is 0 Å². The summed E-state index contributed by atoms with van der Waals surface area (Å²) in [5.41, 5.74) is 26.9. The van der Waals surface area contributed by atoms with Crippen molar-refractivity contribution in [2.45, 2.75) is 147 Å². The summed E-state index contributed by atoms with van der Waals surface area (Å²) in [4.78, 5) is 0. The molecular weight excluding hydrogens is 865 g/mol. The first-order valence-corrected chi connectivity index (χ1v) is 27.7. The van der Waals surface area contributed by atoms with Gasteiger partial charge in [-0.25, -0.2) is 0 Å². The van der Waals surface area contributed by atoms with Crippen molar-refractivity contribution in [3.05, 3.63) is 241 Å². The van der Waals surface area contributed by atoms with Gasteiger partial charge >= 0.3 is 0 Å². The Hall–Kier alpha value is -6.50. The fourth-order valence-electron chi connectivity index (χ4n) is 10.9. The van der Waals surface area contributed by atoms with Crippen LogP contribution in [0.3, 0.4) is 0 Å². The van der Waals surface area contributed by atoms with Crippen LogP contribution in [0.1, 0.15) is 179 Å². The summed E-state index contributed by atoms with van der Waals surface area (Å²) < 4.78 is 0. The van der Waals surface area contributed by atoms with Crippen molar-refractivity contribution >= 4 is 40.1 Å². The molecule has 0 aliphatic heterocycles. The van der Waals surface area contributed by atoms with E-state index in [9.17, 15) is 0 Å². The van der Waals surface area contributed by atoms with Crippen LogP contribution in [0.25, 0.3) is 51.3 Å². The summed E-state index contributed by atoms with van der Waals surface area (Å²) in [6.07, 6.45) is 26.1. The van der Waals surface area contributed by atoms with Crippen molar-refractivity contribution in [2.24, 2.45) is 0 Å². The first-order chi connectivity index (χ1) is 35.2. The molecule has 0 saturated carbocycles. The Kier molecular flexibility index (Phi) is 20.0. The third kappa shape index (κ3) is 11.2. The number of hydrogen-bond donors (Lipinski definition) is 0. The van der Waals surface area contributed by atoms with E-state index in [2.05, 4.69) is 224 Å². The molecule has 1 atom stereocenters. The zero-order valence-corrected chi connectivity index (χ0v) is 46.4. The van der Waals surface area contributed by atoms with Crippen molar-refractivity contribution in [3.63, 3.8) is 0 Å². The van der Waals surface area contributed by atoms with Gasteiger partial charge in [0, 0.05) is 0 Å². The van der Waals surface area contributed by atoms with E-state index in [1.165, 1.54) is 138 Å². The second-order valence-corrected chi connectivity index (χ2v) is 19.0. The molecule has 72 heavy (non-hydrogen) atoms. The van der Waals surface area contributed by atoms with Gasteiger partial charge in [0.05, 0.1) is 5.41 Å². The van der Waals surface area contributed by atoms with Gasteiger partial charge in [-0.05, 0) is 173 Å². The summed E-state index contributed by atoms with van der Waals surface area (Å²) >= 11 is 0. The lowest BCUT2D eigenvalue weighted by Gasteiger charge is -2.32. The molecule has 5 aliphatic rings. The number of hydrogen-bond acceptors (Lipinski definition) is 0. The van der Waals surface area contributed by atoms with Crippen molar-refractivity contribution in [3.8, 4) is 11.1 Å². The molecule has 0 amide bonds. The van der Waals surface area contributed by atoms with Crippen LogP contribution >= 0.6 is 0 Å². The highest BCUT2D eigenvalue weighted by Gasteiger charge is 2.52. The van der Waals surface area contributed by atoms with Gasteiger partial charge in [0.25, 0.3) is 0 Å². The predicted molar refractivity (Wildman–Crippen MR) is 322 cm³/mol. The van der Waals surface area contributed by atoms with Gasteiger partial charge in [-0.2, -0.15) is 0 Å². The quantitative estimate of drug-likeness (QED) is 0.155. The monoisotopic (exact) mass is 949 g/mol. The van der Waals surface area contributed by atoms with Gasteiger partial charge in [-0.3, -0.25) is 0 Å². The maximum Gasteiger partial charge on any atom is 0.0722 e. The molecule has 0 radical (unpaired) electrons. The van der Waals surface area contributed by atoms with Crippen LogP contribution in [0.5, 0.6) is 0 Å². The number of allylic oxidation sites excluding steroid dienone is 7. The maximum absolute atomic E-state index is 2.41. The number of unbranched alkanes of at least 4 members (excludes halogenated alkanes) is 1. The van der Waals surface area contributed by atoms with Crippen LogP contribution in [0.15, 0.2) is 163 Å². The Morgan fingerprint density at radius 3 is 1.61 bits per heavy atom. The first kappa shape index (κ1) is 54.8. The summed E-state index contributed by atoms with van der Waals surface area (Å²) in [5, 5.41) is 2.87. The van der Waals surface area contributed by atoms with Crippen LogP contribution in [0.2, 0.25) is 0 Å². The maximum atomic E-state index is 2.41. The average Bonchev–Trinajstić information content (AvgIpc) is 3.90. The van der Waals surface area contributed by atoms with Gasteiger partial charge in [0.2, 0.25) is 0 Å². The molecule has 7 aromatic carbocycles. The molecule has 0 N–H and O–H groups in total. The third-order valence-electron chi connectivity index (χ3n) is 14.5. The van der Waals surface area contributed by atoms with Gasteiger partial charge in [0.15, 0.2) is 0 Å². The third-order valence-corrected chi connectivity index (χ3v) is 14.5. The molecule has 0 fully saturated rings. The highest BCUT2D eigenvalue weighted by Crippen LogP contribution is 2.63. The second kappa shape index (κ2) is 26.3. The molecular formula is C72H84. The summed E-state index contributed by atoms with van der Waals surface area (Å²) in [7, 11) is 0. The highest BCUT2D eigenvalue weighted by molar-refractivity contribution is 6.00. The fourth-order valence-corrected chi connectivity index (χ4v) is 10.9. The zero-order valence-electron chi connectivity index (χ0n) is 46.4. The SMILES string of the molecule is C/C(=C\c1ccccc1C)c1ccc(C)cc1.CC.CC.CC.CCCC.Cc1ccc2c(c1)-c1ccccc1C21C2=C(CCC=C2)c2ccccc21.Cc1ccc2c3c(c4c(c2c1)C=CCC4)CCC=C3. The van der Waals surface area contributed by atoms with E-state index in [1.54, 1.807) is 16.7 Å². The minimum absolute atomic E-state index is 0.136. The molecule has 1 spiro atoms. The van der Waals surface area contributed by atoms with E-state index in [-0.39, 0.29) is 5.41 Å². The number of benzene rings is 7. The number of aryl methyl sites for hydroxylation is 4. The molecule has 1 unspecified atom stereocenters. The number of fused-ring (bicyclic) bond motifs is 15. The lowest BCUT2D eigenvalue weighted by molar-refractivity contribution is 0.780. The molecule has 0 nitrogen and oxygen atoms in total. The fraction of sp³-hybridized carbons (Fsp3) is 0.306. The Labute approximate surface area is 437 Å². The van der Waals surface area contributed by atoms with Gasteiger partial charge in [-0.1, -0.05) is 261 Å². The summed E-state index contributed by atoms with van der Waals surface area (Å²) in [5.74, 6) is 0. The standard InChI is InChI=1S/C26H20.C19H18.C17H18.C4H10.3C2H6/c1-17-14-15-25-21(16-17)20-10-4-7-13-24(20)26(25)22-11-5-2-8-18(22)19-9-3-6-12-23(19)26;1-13-10-11-18-16-8-3-2-6-14(16)15-7-4-5-9-17(15)19(18)12-13;1-13-8-10-16(11-9-13)15(3)12-17-7-5-4-6-14(17)2;1-3-4-2;3*1-2/h2,4-8,10-16H,3,9H2,1H3;3,5,8-12H,2,4,6-7H2,1H3;4-12H,1-3H3;3-4H2,1-2H3;3*1-2H3/b;;15-12+;;;;. The van der Waals surface area contributed by atoms with Gasteiger partial charge in [0.1, 0.15) is 0 Å². The molecule has 0 saturated heterocycles. The topological polar surface area (TPSA) is 0 Å². The van der Waals surface area contributed by atoms with E-state index >= 15 is 0 Å². The normalized spacial score (nSPS) is 15.5. The Balaban J connectivity index is 0.000000165. The molecule has 0 heteroatoms.